The fourth-order valence-corrected chi connectivity index (χ4v) is 1.49. The molecule has 1 rings (SSSR count). The zero-order valence-electron chi connectivity index (χ0n) is 7.85. The maximum Gasteiger partial charge on any atom is 0.317 e. The summed E-state index contributed by atoms with van der Waals surface area (Å²) in [5.41, 5.74) is 0. The van der Waals surface area contributed by atoms with Crippen LogP contribution in [-0.2, 0) is 9.59 Å². The summed E-state index contributed by atoms with van der Waals surface area (Å²) in [6, 6.07) is 0. The van der Waals surface area contributed by atoms with E-state index in [1.807, 2.05) is 0 Å². The number of carboxylic acid groups (broad SMARTS) is 2. The standard InChI is InChI=1S/C8H14N2O4/c11-7(12)5-9-1-2-10(4-3-9)6-8(13)14/h1-6H2,(H,11,12)(H,13,14). The highest BCUT2D eigenvalue weighted by molar-refractivity contribution is 5.69. The predicted molar refractivity (Wildman–Crippen MR) is 48.2 cm³/mol. The minimum Gasteiger partial charge on any atom is -0.480 e. The van der Waals surface area contributed by atoms with Crippen molar-refractivity contribution in [3.05, 3.63) is 0 Å². The van der Waals surface area contributed by atoms with Crippen LogP contribution in [0.1, 0.15) is 0 Å². The molecule has 14 heavy (non-hydrogen) atoms. The fourth-order valence-electron chi connectivity index (χ4n) is 1.49. The fraction of sp³-hybridized carbons (Fsp3) is 0.750. The van der Waals surface area contributed by atoms with Gasteiger partial charge in [0.1, 0.15) is 0 Å². The van der Waals surface area contributed by atoms with Crippen molar-refractivity contribution in [3.8, 4) is 0 Å². The van der Waals surface area contributed by atoms with Gasteiger partial charge in [-0.1, -0.05) is 0 Å². The molecule has 1 saturated heterocycles. The molecular weight excluding hydrogens is 188 g/mol. The highest BCUT2D eigenvalue weighted by Crippen LogP contribution is 2.00. The van der Waals surface area contributed by atoms with Crippen LogP contribution in [0.15, 0.2) is 0 Å². The lowest BCUT2D eigenvalue weighted by molar-refractivity contribution is -0.141. The van der Waals surface area contributed by atoms with Gasteiger partial charge in [0.2, 0.25) is 0 Å². The molecule has 0 unspecified atom stereocenters. The summed E-state index contributed by atoms with van der Waals surface area (Å²) >= 11 is 0. The average molecular weight is 202 g/mol. The van der Waals surface area contributed by atoms with E-state index in [9.17, 15) is 9.59 Å². The Morgan fingerprint density at radius 1 is 0.857 bits per heavy atom. The second kappa shape index (κ2) is 4.92. The van der Waals surface area contributed by atoms with E-state index < -0.39 is 11.9 Å². The SMILES string of the molecule is O=C(O)CN1CCN(CC(=O)O)CC1. The molecule has 0 amide bonds. The van der Waals surface area contributed by atoms with Crippen molar-refractivity contribution in [1.82, 2.24) is 9.80 Å². The number of rotatable bonds is 4. The Kier molecular flexibility index (Phi) is 3.84. The zero-order valence-corrected chi connectivity index (χ0v) is 7.85. The Morgan fingerprint density at radius 3 is 1.36 bits per heavy atom. The molecule has 0 aliphatic carbocycles. The number of hydrogen-bond acceptors (Lipinski definition) is 4. The van der Waals surface area contributed by atoms with Crippen LogP contribution < -0.4 is 0 Å². The van der Waals surface area contributed by atoms with Gasteiger partial charge in [-0.05, 0) is 0 Å². The van der Waals surface area contributed by atoms with E-state index in [0.29, 0.717) is 26.2 Å². The Hall–Kier alpha value is -1.14. The molecule has 80 valence electrons. The van der Waals surface area contributed by atoms with Gasteiger partial charge in [-0.25, -0.2) is 0 Å². The summed E-state index contributed by atoms with van der Waals surface area (Å²) < 4.78 is 0. The molecule has 0 aromatic rings. The predicted octanol–water partition coefficient (Wildman–Crippen LogP) is -1.23. The molecule has 6 heteroatoms. The first-order valence-electron chi connectivity index (χ1n) is 4.46. The first kappa shape index (κ1) is 10.9. The van der Waals surface area contributed by atoms with Gasteiger partial charge in [0, 0.05) is 26.2 Å². The van der Waals surface area contributed by atoms with Crippen LogP contribution in [0.2, 0.25) is 0 Å². The van der Waals surface area contributed by atoms with Crippen molar-refractivity contribution in [1.29, 1.82) is 0 Å². The molecule has 0 radical (unpaired) electrons. The Balaban J connectivity index is 2.24. The summed E-state index contributed by atoms with van der Waals surface area (Å²) in [4.78, 5) is 24.4. The van der Waals surface area contributed by atoms with Gasteiger partial charge in [0.25, 0.3) is 0 Å². The molecule has 1 fully saturated rings. The highest BCUT2D eigenvalue weighted by atomic mass is 16.4. The van der Waals surface area contributed by atoms with Gasteiger partial charge in [-0.2, -0.15) is 0 Å². The summed E-state index contributed by atoms with van der Waals surface area (Å²) in [7, 11) is 0. The van der Waals surface area contributed by atoms with Crippen molar-refractivity contribution in [2.45, 2.75) is 0 Å². The largest absolute Gasteiger partial charge is 0.480 e. The van der Waals surface area contributed by atoms with Crippen LogP contribution in [0.3, 0.4) is 0 Å². The molecule has 1 heterocycles. The van der Waals surface area contributed by atoms with Crippen molar-refractivity contribution in [3.63, 3.8) is 0 Å². The van der Waals surface area contributed by atoms with Crippen LogP contribution >= 0.6 is 0 Å². The summed E-state index contributed by atoms with van der Waals surface area (Å²) in [6.07, 6.45) is 0. The van der Waals surface area contributed by atoms with E-state index in [1.165, 1.54) is 0 Å². The van der Waals surface area contributed by atoms with E-state index in [1.54, 1.807) is 9.80 Å². The number of nitrogens with zero attached hydrogens (tertiary/aromatic N) is 2. The smallest absolute Gasteiger partial charge is 0.317 e. The molecule has 0 saturated carbocycles. The van der Waals surface area contributed by atoms with Gasteiger partial charge < -0.3 is 10.2 Å². The van der Waals surface area contributed by atoms with Gasteiger partial charge in [-0.15, -0.1) is 0 Å². The summed E-state index contributed by atoms with van der Waals surface area (Å²) in [6.45, 7) is 2.58. The molecular formula is C8H14N2O4. The molecule has 2 N–H and O–H groups in total. The monoisotopic (exact) mass is 202 g/mol. The first-order valence-corrected chi connectivity index (χ1v) is 4.46. The summed E-state index contributed by atoms with van der Waals surface area (Å²) in [5.74, 6) is -1.67. The van der Waals surface area contributed by atoms with E-state index >= 15 is 0 Å². The van der Waals surface area contributed by atoms with E-state index in [0.717, 1.165) is 0 Å². The number of piperazine rings is 1. The van der Waals surface area contributed by atoms with Crippen molar-refractivity contribution in [2.24, 2.45) is 0 Å². The normalized spacial score (nSPS) is 19.4. The third-order valence-corrected chi connectivity index (χ3v) is 2.18. The Labute approximate surface area is 81.7 Å². The van der Waals surface area contributed by atoms with Gasteiger partial charge in [0.15, 0.2) is 0 Å². The van der Waals surface area contributed by atoms with Gasteiger partial charge in [0.05, 0.1) is 13.1 Å². The van der Waals surface area contributed by atoms with Crippen molar-refractivity contribution < 1.29 is 19.8 Å². The van der Waals surface area contributed by atoms with Crippen LogP contribution in [0.25, 0.3) is 0 Å². The van der Waals surface area contributed by atoms with Crippen LogP contribution in [0, 0.1) is 0 Å². The molecule has 0 aromatic heterocycles. The lowest BCUT2D eigenvalue weighted by Crippen LogP contribution is -2.49. The summed E-state index contributed by atoms with van der Waals surface area (Å²) in [5, 5.41) is 17.1. The maximum atomic E-state index is 10.4. The maximum absolute atomic E-state index is 10.4. The van der Waals surface area contributed by atoms with Crippen LogP contribution in [0.5, 0.6) is 0 Å². The van der Waals surface area contributed by atoms with E-state index in [4.69, 9.17) is 10.2 Å². The lowest BCUT2D eigenvalue weighted by Gasteiger charge is -2.32. The topological polar surface area (TPSA) is 81.1 Å². The Morgan fingerprint density at radius 2 is 1.14 bits per heavy atom. The zero-order chi connectivity index (χ0) is 10.6. The number of carbonyl (C=O) groups is 2. The molecule has 1 aliphatic heterocycles. The number of aliphatic carboxylic acids is 2. The average Bonchev–Trinajstić information content (AvgIpc) is 2.06. The van der Waals surface area contributed by atoms with Gasteiger partial charge >= 0.3 is 11.9 Å². The first-order chi connectivity index (χ1) is 6.58. The third kappa shape index (κ3) is 3.71. The van der Waals surface area contributed by atoms with Crippen LogP contribution in [-0.4, -0.2) is 71.2 Å². The van der Waals surface area contributed by atoms with Crippen LogP contribution in [0.4, 0.5) is 0 Å². The third-order valence-electron chi connectivity index (χ3n) is 2.18. The second-order valence-corrected chi connectivity index (χ2v) is 3.34. The highest BCUT2D eigenvalue weighted by Gasteiger charge is 2.19. The molecule has 0 atom stereocenters. The Bertz CT molecular complexity index is 199. The quantitative estimate of drug-likeness (QED) is 0.594. The molecule has 6 nitrogen and oxygen atoms in total. The minimum absolute atomic E-state index is 0.0426. The van der Waals surface area contributed by atoms with E-state index in [2.05, 4.69) is 0 Å². The lowest BCUT2D eigenvalue weighted by atomic mass is 10.3. The molecule has 0 bridgehead atoms. The molecule has 0 spiro atoms. The minimum atomic E-state index is -0.836. The van der Waals surface area contributed by atoms with Crippen molar-refractivity contribution >= 4 is 11.9 Å². The van der Waals surface area contributed by atoms with Gasteiger partial charge in [-0.3, -0.25) is 19.4 Å². The molecule has 1 aliphatic rings. The number of hydrogen-bond donors (Lipinski definition) is 2. The van der Waals surface area contributed by atoms with Crippen molar-refractivity contribution in [2.75, 3.05) is 39.3 Å². The van der Waals surface area contributed by atoms with E-state index in [-0.39, 0.29) is 13.1 Å². The number of carboxylic acids is 2. The molecule has 0 aromatic carbocycles. The second-order valence-electron chi connectivity index (χ2n) is 3.34.